The molecule has 1 aliphatic heterocycles. The van der Waals surface area contributed by atoms with Crippen LogP contribution in [0.2, 0.25) is 0 Å². The van der Waals surface area contributed by atoms with E-state index in [1.807, 2.05) is 26.0 Å². The molecule has 26 heavy (non-hydrogen) atoms. The minimum Gasteiger partial charge on any atom is -0.361 e. The van der Waals surface area contributed by atoms with Crippen LogP contribution in [0, 0.1) is 19.8 Å². The maximum atomic E-state index is 12.2. The lowest BCUT2D eigenvalue weighted by molar-refractivity contribution is 0.0761. The number of likely N-dealkylation sites (tertiary alicyclic amines) is 1. The normalized spacial score (nSPS) is 15.2. The highest BCUT2D eigenvalue weighted by Gasteiger charge is 2.29. The molecule has 0 bridgehead atoms. The van der Waals surface area contributed by atoms with E-state index >= 15 is 0 Å². The van der Waals surface area contributed by atoms with Crippen LogP contribution < -0.4 is 5.56 Å². The van der Waals surface area contributed by atoms with Gasteiger partial charge in [0, 0.05) is 55.1 Å². The van der Waals surface area contributed by atoms with Crippen molar-refractivity contribution in [3.63, 3.8) is 0 Å². The Morgan fingerprint density at radius 3 is 2.77 bits per heavy atom. The van der Waals surface area contributed by atoms with E-state index in [1.54, 1.807) is 29.2 Å². The molecule has 3 aromatic heterocycles. The van der Waals surface area contributed by atoms with Gasteiger partial charge in [-0.25, -0.2) is 4.68 Å². The molecule has 0 aromatic carbocycles. The van der Waals surface area contributed by atoms with Crippen molar-refractivity contribution in [2.75, 3.05) is 13.1 Å². The standard InChI is InChI=1S/C19H21N5O2/c1-13-17(14(2)26-22-13)12-23-9-15(10-23)11-24-19(25)6-5-18(21-24)16-4-3-7-20-8-16/h3-8,15H,9-12H2,1-2H3. The molecule has 4 rings (SSSR count). The van der Waals surface area contributed by atoms with Gasteiger partial charge >= 0.3 is 0 Å². The zero-order valence-corrected chi connectivity index (χ0v) is 14.9. The molecule has 0 saturated carbocycles. The summed E-state index contributed by atoms with van der Waals surface area (Å²) in [6.07, 6.45) is 3.48. The first-order chi connectivity index (χ1) is 12.6. The van der Waals surface area contributed by atoms with E-state index in [4.69, 9.17) is 4.52 Å². The second kappa shape index (κ2) is 6.84. The number of aromatic nitrogens is 4. The van der Waals surface area contributed by atoms with E-state index in [0.29, 0.717) is 12.5 Å². The van der Waals surface area contributed by atoms with Gasteiger partial charge in [-0.1, -0.05) is 5.16 Å². The summed E-state index contributed by atoms with van der Waals surface area (Å²) < 4.78 is 6.79. The van der Waals surface area contributed by atoms with Crippen LogP contribution in [0.4, 0.5) is 0 Å². The number of pyridine rings is 1. The highest BCUT2D eigenvalue weighted by atomic mass is 16.5. The Bertz CT molecular complexity index is 938. The third-order valence-electron chi connectivity index (χ3n) is 4.85. The molecule has 0 amide bonds. The number of hydrogen-bond donors (Lipinski definition) is 0. The molecule has 0 spiro atoms. The van der Waals surface area contributed by atoms with E-state index in [9.17, 15) is 4.79 Å². The van der Waals surface area contributed by atoms with Gasteiger partial charge in [0.2, 0.25) is 0 Å². The number of nitrogens with zero attached hydrogens (tertiary/aromatic N) is 5. The lowest BCUT2D eigenvalue weighted by Gasteiger charge is -2.39. The number of hydrogen-bond acceptors (Lipinski definition) is 6. The fraction of sp³-hybridized carbons (Fsp3) is 0.368. The summed E-state index contributed by atoms with van der Waals surface area (Å²) in [5, 5.41) is 8.52. The van der Waals surface area contributed by atoms with Gasteiger partial charge < -0.3 is 4.52 Å². The van der Waals surface area contributed by atoms with Crippen molar-refractivity contribution in [3.8, 4) is 11.3 Å². The summed E-state index contributed by atoms with van der Waals surface area (Å²) in [6, 6.07) is 7.14. The van der Waals surface area contributed by atoms with E-state index < -0.39 is 0 Å². The SMILES string of the molecule is Cc1noc(C)c1CN1CC(Cn2nc(-c3cccnc3)ccc2=O)C1. The van der Waals surface area contributed by atoms with Crippen LogP contribution in [0.3, 0.4) is 0 Å². The fourth-order valence-electron chi connectivity index (χ4n) is 3.37. The predicted molar refractivity (Wildman–Crippen MR) is 96.5 cm³/mol. The average Bonchev–Trinajstić information content (AvgIpc) is 2.94. The molecule has 0 aliphatic carbocycles. The monoisotopic (exact) mass is 351 g/mol. The van der Waals surface area contributed by atoms with Gasteiger partial charge in [-0.2, -0.15) is 5.10 Å². The maximum absolute atomic E-state index is 12.2. The molecule has 0 N–H and O–H groups in total. The van der Waals surface area contributed by atoms with Crippen molar-refractivity contribution in [2.45, 2.75) is 26.9 Å². The van der Waals surface area contributed by atoms with Gasteiger partial charge in [-0.3, -0.25) is 14.7 Å². The Balaban J connectivity index is 1.41. The lowest BCUT2D eigenvalue weighted by Crippen LogP contribution is -2.49. The molecule has 0 unspecified atom stereocenters. The Hall–Kier alpha value is -2.80. The van der Waals surface area contributed by atoms with Gasteiger partial charge in [-0.15, -0.1) is 0 Å². The molecule has 1 fully saturated rings. The molecule has 7 nitrogen and oxygen atoms in total. The van der Waals surface area contributed by atoms with E-state index in [0.717, 1.165) is 47.9 Å². The molecule has 1 aliphatic rings. The van der Waals surface area contributed by atoms with Crippen molar-refractivity contribution >= 4 is 0 Å². The van der Waals surface area contributed by atoms with Gasteiger partial charge in [0.25, 0.3) is 5.56 Å². The van der Waals surface area contributed by atoms with E-state index in [2.05, 4.69) is 20.1 Å². The van der Waals surface area contributed by atoms with Gasteiger partial charge in [0.05, 0.1) is 17.9 Å². The Labute approximate surface area is 151 Å². The third-order valence-corrected chi connectivity index (χ3v) is 4.85. The van der Waals surface area contributed by atoms with Crippen LogP contribution in [0.5, 0.6) is 0 Å². The van der Waals surface area contributed by atoms with E-state index in [1.165, 1.54) is 0 Å². The van der Waals surface area contributed by atoms with Crippen LogP contribution in [0.15, 0.2) is 46.0 Å². The summed E-state index contributed by atoms with van der Waals surface area (Å²) in [5.74, 6) is 1.30. The number of aryl methyl sites for hydroxylation is 2. The number of rotatable bonds is 5. The second-order valence-corrected chi connectivity index (χ2v) is 6.84. The van der Waals surface area contributed by atoms with Crippen LogP contribution in [-0.4, -0.2) is 37.9 Å². The van der Waals surface area contributed by atoms with Crippen LogP contribution in [0.25, 0.3) is 11.3 Å². The molecule has 3 aromatic rings. The molecule has 134 valence electrons. The molecule has 1 saturated heterocycles. The molecular formula is C19H21N5O2. The zero-order valence-electron chi connectivity index (χ0n) is 14.9. The Morgan fingerprint density at radius 1 is 1.23 bits per heavy atom. The van der Waals surface area contributed by atoms with Crippen LogP contribution >= 0.6 is 0 Å². The average molecular weight is 351 g/mol. The van der Waals surface area contributed by atoms with Gasteiger partial charge in [0.1, 0.15) is 5.76 Å². The van der Waals surface area contributed by atoms with Crippen molar-refractivity contribution < 1.29 is 4.52 Å². The summed E-state index contributed by atoms with van der Waals surface area (Å²) in [6.45, 7) is 7.27. The smallest absolute Gasteiger partial charge is 0.266 e. The predicted octanol–water partition coefficient (Wildman–Crippen LogP) is 2.04. The summed E-state index contributed by atoms with van der Waals surface area (Å²) >= 11 is 0. The van der Waals surface area contributed by atoms with Crippen molar-refractivity contribution in [3.05, 3.63) is 64.0 Å². The molecule has 0 radical (unpaired) electrons. The maximum Gasteiger partial charge on any atom is 0.266 e. The van der Waals surface area contributed by atoms with Crippen LogP contribution in [-0.2, 0) is 13.1 Å². The van der Waals surface area contributed by atoms with Crippen molar-refractivity contribution in [2.24, 2.45) is 5.92 Å². The zero-order chi connectivity index (χ0) is 18.1. The minimum atomic E-state index is -0.0678. The van der Waals surface area contributed by atoms with Crippen molar-refractivity contribution in [1.82, 2.24) is 24.8 Å². The molecular weight excluding hydrogens is 330 g/mol. The second-order valence-electron chi connectivity index (χ2n) is 6.84. The molecule has 7 heteroatoms. The Morgan fingerprint density at radius 2 is 2.08 bits per heavy atom. The first-order valence-corrected chi connectivity index (χ1v) is 8.73. The van der Waals surface area contributed by atoms with Crippen LogP contribution in [0.1, 0.15) is 17.0 Å². The van der Waals surface area contributed by atoms with E-state index in [-0.39, 0.29) is 5.56 Å². The van der Waals surface area contributed by atoms with Gasteiger partial charge in [0.15, 0.2) is 0 Å². The highest BCUT2D eigenvalue weighted by molar-refractivity contribution is 5.56. The fourth-order valence-corrected chi connectivity index (χ4v) is 3.37. The summed E-state index contributed by atoms with van der Waals surface area (Å²) in [5.41, 5.74) is 3.73. The quantitative estimate of drug-likeness (QED) is 0.700. The highest BCUT2D eigenvalue weighted by Crippen LogP contribution is 2.23. The van der Waals surface area contributed by atoms with Gasteiger partial charge in [-0.05, 0) is 32.0 Å². The molecule has 0 atom stereocenters. The first kappa shape index (κ1) is 16.7. The third kappa shape index (κ3) is 3.30. The lowest BCUT2D eigenvalue weighted by atomic mass is 9.99. The van der Waals surface area contributed by atoms with Crippen molar-refractivity contribution in [1.29, 1.82) is 0 Å². The first-order valence-electron chi connectivity index (χ1n) is 8.73. The topological polar surface area (TPSA) is 77.1 Å². The summed E-state index contributed by atoms with van der Waals surface area (Å²) in [4.78, 5) is 18.6. The summed E-state index contributed by atoms with van der Waals surface area (Å²) in [7, 11) is 0. The largest absolute Gasteiger partial charge is 0.361 e. The molecule has 4 heterocycles. The Kier molecular flexibility index (Phi) is 4.38. The minimum absolute atomic E-state index is 0.0678.